The van der Waals surface area contributed by atoms with Crippen LogP contribution >= 0.6 is 11.8 Å². The number of thioether (sulfide) groups is 1. The van der Waals surface area contributed by atoms with Crippen LogP contribution in [-0.2, 0) is 0 Å². The molecule has 2 heterocycles. The molecule has 2 N–H and O–H groups in total. The maximum atomic E-state index is 4.36. The van der Waals surface area contributed by atoms with Crippen molar-refractivity contribution in [2.45, 2.75) is 18.0 Å². The van der Waals surface area contributed by atoms with Crippen molar-refractivity contribution in [2.24, 2.45) is 0 Å². The molecule has 0 bridgehead atoms. The molecule has 5 nitrogen and oxygen atoms in total. The zero-order valence-electron chi connectivity index (χ0n) is 11.3. The quantitative estimate of drug-likeness (QED) is 0.720. The molecule has 20 heavy (non-hydrogen) atoms. The fourth-order valence-corrected chi connectivity index (χ4v) is 2.65. The molecule has 0 saturated heterocycles. The van der Waals surface area contributed by atoms with E-state index in [4.69, 9.17) is 0 Å². The SMILES string of the molecule is CSc1n[nH]c2ncnc(NC(C)c3ccccc3)c12. The van der Waals surface area contributed by atoms with Gasteiger partial charge in [-0.1, -0.05) is 30.3 Å². The Morgan fingerprint density at radius 1 is 1.20 bits per heavy atom. The molecule has 1 aromatic carbocycles. The first-order chi connectivity index (χ1) is 9.79. The Hall–Kier alpha value is -2.08. The van der Waals surface area contributed by atoms with Gasteiger partial charge in [0.05, 0.1) is 5.39 Å². The highest BCUT2D eigenvalue weighted by Crippen LogP contribution is 2.29. The van der Waals surface area contributed by atoms with Gasteiger partial charge >= 0.3 is 0 Å². The van der Waals surface area contributed by atoms with E-state index in [0.717, 1.165) is 21.9 Å². The molecule has 0 aliphatic heterocycles. The molecule has 0 amide bonds. The first-order valence-electron chi connectivity index (χ1n) is 6.34. The fourth-order valence-electron chi connectivity index (χ4n) is 2.12. The number of aromatic nitrogens is 4. The number of aromatic amines is 1. The van der Waals surface area contributed by atoms with Crippen LogP contribution in [-0.4, -0.2) is 26.4 Å². The fraction of sp³-hybridized carbons (Fsp3) is 0.214. The number of rotatable bonds is 4. The van der Waals surface area contributed by atoms with Gasteiger partial charge in [0.2, 0.25) is 0 Å². The standard InChI is InChI=1S/C14H15N5S/c1-9(10-6-4-3-5-7-10)17-12-11-13(16-8-15-12)18-19-14(11)20-2/h3-9H,1-2H3,(H2,15,16,17,18,19). The molecule has 0 saturated carbocycles. The Labute approximate surface area is 121 Å². The van der Waals surface area contributed by atoms with Crippen molar-refractivity contribution in [2.75, 3.05) is 11.6 Å². The highest BCUT2D eigenvalue weighted by molar-refractivity contribution is 7.98. The van der Waals surface area contributed by atoms with Gasteiger partial charge in [-0.05, 0) is 18.7 Å². The van der Waals surface area contributed by atoms with Crippen LogP contribution in [0.1, 0.15) is 18.5 Å². The van der Waals surface area contributed by atoms with Gasteiger partial charge in [-0.3, -0.25) is 5.10 Å². The van der Waals surface area contributed by atoms with Crippen molar-refractivity contribution in [3.63, 3.8) is 0 Å². The van der Waals surface area contributed by atoms with Gasteiger partial charge in [0.1, 0.15) is 17.2 Å². The minimum Gasteiger partial charge on any atom is -0.363 e. The lowest BCUT2D eigenvalue weighted by molar-refractivity contribution is 0.875. The summed E-state index contributed by atoms with van der Waals surface area (Å²) >= 11 is 1.58. The highest BCUT2D eigenvalue weighted by atomic mass is 32.2. The molecule has 0 aliphatic rings. The van der Waals surface area contributed by atoms with Crippen molar-refractivity contribution in [3.05, 3.63) is 42.2 Å². The second-order valence-electron chi connectivity index (χ2n) is 4.46. The third-order valence-corrected chi connectivity index (χ3v) is 3.85. The van der Waals surface area contributed by atoms with Gasteiger partial charge in [0.25, 0.3) is 0 Å². The maximum Gasteiger partial charge on any atom is 0.161 e. The predicted molar refractivity (Wildman–Crippen MR) is 81.9 cm³/mol. The summed E-state index contributed by atoms with van der Waals surface area (Å²) in [6, 6.07) is 10.4. The largest absolute Gasteiger partial charge is 0.363 e. The van der Waals surface area contributed by atoms with Crippen molar-refractivity contribution in [1.82, 2.24) is 20.2 Å². The van der Waals surface area contributed by atoms with Crippen LogP contribution in [0.2, 0.25) is 0 Å². The van der Waals surface area contributed by atoms with Gasteiger partial charge < -0.3 is 5.32 Å². The van der Waals surface area contributed by atoms with Crippen LogP contribution < -0.4 is 5.32 Å². The van der Waals surface area contributed by atoms with Crippen molar-refractivity contribution in [1.29, 1.82) is 0 Å². The van der Waals surface area contributed by atoms with Crippen molar-refractivity contribution in [3.8, 4) is 0 Å². The first-order valence-corrected chi connectivity index (χ1v) is 7.56. The number of anilines is 1. The van der Waals surface area contributed by atoms with Gasteiger partial charge in [-0.15, -0.1) is 11.8 Å². The molecule has 0 fully saturated rings. The van der Waals surface area contributed by atoms with Crippen molar-refractivity contribution >= 4 is 28.6 Å². The molecular weight excluding hydrogens is 270 g/mol. The Kier molecular flexibility index (Phi) is 3.56. The van der Waals surface area contributed by atoms with Crippen molar-refractivity contribution < 1.29 is 0 Å². The summed E-state index contributed by atoms with van der Waals surface area (Å²) in [6.45, 7) is 2.11. The van der Waals surface area contributed by atoms with Crippen LogP contribution in [0.4, 0.5) is 5.82 Å². The second-order valence-corrected chi connectivity index (χ2v) is 5.25. The maximum absolute atomic E-state index is 4.36. The van der Waals surface area contributed by atoms with Crippen LogP contribution in [0.5, 0.6) is 0 Å². The lowest BCUT2D eigenvalue weighted by Crippen LogP contribution is -2.08. The average molecular weight is 285 g/mol. The van der Waals surface area contributed by atoms with Gasteiger partial charge in [-0.2, -0.15) is 5.10 Å². The Balaban J connectivity index is 1.96. The van der Waals surface area contributed by atoms with Crippen LogP contribution in [0.15, 0.2) is 41.7 Å². The van der Waals surface area contributed by atoms with E-state index in [2.05, 4.69) is 44.5 Å². The summed E-state index contributed by atoms with van der Waals surface area (Å²) in [4.78, 5) is 8.57. The molecule has 0 spiro atoms. The monoisotopic (exact) mass is 285 g/mol. The van der Waals surface area contributed by atoms with E-state index in [1.807, 2.05) is 24.5 Å². The number of nitrogens with one attached hydrogen (secondary N) is 2. The summed E-state index contributed by atoms with van der Waals surface area (Å²) in [6.07, 6.45) is 3.54. The topological polar surface area (TPSA) is 66.5 Å². The molecule has 0 aliphatic carbocycles. The smallest absolute Gasteiger partial charge is 0.161 e. The number of H-pyrrole nitrogens is 1. The van der Waals surface area contributed by atoms with E-state index >= 15 is 0 Å². The number of fused-ring (bicyclic) bond motifs is 1. The lowest BCUT2D eigenvalue weighted by Gasteiger charge is -2.15. The molecule has 6 heteroatoms. The summed E-state index contributed by atoms with van der Waals surface area (Å²) < 4.78 is 0. The van der Waals surface area contributed by atoms with Crippen LogP contribution in [0.3, 0.4) is 0 Å². The average Bonchev–Trinajstić information content (AvgIpc) is 2.92. The Bertz CT molecular complexity index is 710. The van der Waals surface area contributed by atoms with E-state index in [9.17, 15) is 0 Å². The van der Waals surface area contributed by atoms with Crippen LogP contribution in [0.25, 0.3) is 11.0 Å². The molecule has 102 valence electrons. The van der Waals surface area contributed by atoms with Gasteiger partial charge in [0.15, 0.2) is 5.65 Å². The molecule has 3 aromatic rings. The summed E-state index contributed by atoms with van der Waals surface area (Å²) in [7, 11) is 0. The number of nitrogens with zero attached hydrogens (tertiary/aromatic N) is 3. The Morgan fingerprint density at radius 3 is 2.75 bits per heavy atom. The third-order valence-electron chi connectivity index (χ3n) is 3.17. The van der Waals surface area contributed by atoms with E-state index in [-0.39, 0.29) is 6.04 Å². The summed E-state index contributed by atoms with van der Waals surface area (Å²) in [5, 5.41) is 12.5. The normalized spacial score (nSPS) is 12.5. The molecule has 1 unspecified atom stereocenters. The number of hydrogen-bond acceptors (Lipinski definition) is 5. The number of hydrogen-bond donors (Lipinski definition) is 2. The van der Waals surface area contributed by atoms with E-state index in [1.165, 1.54) is 5.56 Å². The van der Waals surface area contributed by atoms with E-state index in [0.29, 0.717) is 0 Å². The first kappa shape index (κ1) is 12.9. The van der Waals surface area contributed by atoms with E-state index < -0.39 is 0 Å². The lowest BCUT2D eigenvalue weighted by atomic mass is 10.1. The van der Waals surface area contributed by atoms with Crippen LogP contribution in [0, 0.1) is 0 Å². The molecular formula is C14H15N5S. The van der Waals surface area contributed by atoms with Gasteiger partial charge in [0, 0.05) is 6.04 Å². The summed E-state index contributed by atoms with van der Waals surface area (Å²) in [5.74, 6) is 0.810. The zero-order valence-corrected chi connectivity index (χ0v) is 12.1. The third kappa shape index (κ3) is 2.34. The minimum absolute atomic E-state index is 0.166. The predicted octanol–water partition coefficient (Wildman–Crippen LogP) is 3.25. The Morgan fingerprint density at radius 2 is 2.00 bits per heavy atom. The minimum atomic E-state index is 0.166. The van der Waals surface area contributed by atoms with E-state index in [1.54, 1.807) is 18.1 Å². The highest BCUT2D eigenvalue weighted by Gasteiger charge is 2.14. The summed E-state index contributed by atoms with van der Waals surface area (Å²) in [5.41, 5.74) is 1.97. The second kappa shape index (κ2) is 5.50. The number of benzene rings is 1. The molecule has 1 atom stereocenters. The molecule has 3 rings (SSSR count). The molecule has 2 aromatic heterocycles. The van der Waals surface area contributed by atoms with Gasteiger partial charge in [-0.25, -0.2) is 9.97 Å². The molecule has 0 radical (unpaired) electrons. The zero-order chi connectivity index (χ0) is 13.9.